The van der Waals surface area contributed by atoms with E-state index in [0.717, 1.165) is 5.69 Å². The van der Waals surface area contributed by atoms with E-state index in [9.17, 15) is 12.8 Å². The number of hydrogen-bond donors (Lipinski definition) is 0. The number of halogens is 2. The minimum atomic E-state index is -3.61. The fraction of sp³-hybridized carbons (Fsp3) is 0.222. The summed E-state index contributed by atoms with van der Waals surface area (Å²) in [5, 5.41) is 7.46. The summed E-state index contributed by atoms with van der Waals surface area (Å²) in [6.07, 6.45) is 1.22. The summed E-state index contributed by atoms with van der Waals surface area (Å²) >= 11 is 5.84. The number of anilines is 1. The van der Waals surface area contributed by atoms with Crippen molar-refractivity contribution in [1.29, 1.82) is 0 Å². The van der Waals surface area contributed by atoms with Crippen molar-refractivity contribution in [2.24, 2.45) is 0 Å². The van der Waals surface area contributed by atoms with Crippen LogP contribution in [-0.4, -0.2) is 49.1 Å². The van der Waals surface area contributed by atoms with Crippen LogP contribution in [0, 0.1) is 5.82 Å². The molecule has 1 fully saturated rings. The number of sulfonamides is 1. The maximum Gasteiger partial charge on any atom is 0.247 e. The Balaban J connectivity index is 1.46. The first kappa shape index (κ1) is 18.9. The summed E-state index contributed by atoms with van der Waals surface area (Å²) < 4.78 is 45.7. The molecule has 0 atom stereocenters. The first-order chi connectivity index (χ1) is 13.4. The van der Waals surface area contributed by atoms with Crippen molar-refractivity contribution in [2.45, 2.75) is 4.90 Å². The normalized spacial score (nSPS) is 15.7. The van der Waals surface area contributed by atoms with Gasteiger partial charge in [0.1, 0.15) is 5.82 Å². The molecule has 0 N–H and O–H groups in total. The van der Waals surface area contributed by atoms with Crippen LogP contribution in [0.2, 0.25) is 5.02 Å². The van der Waals surface area contributed by atoms with Gasteiger partial charge in [-0.15, -0.1) is 10.2 Å². The summed E-state index contributed by atoms with van der Waals surface area (Å²) in [7, 11) is -3.61. The third kappa shape index (κ3) is 3.60. The van der Waals surface area contributed by atoms with Crippen molar-refractivity contribution in [3.8, 4) is 11.5 Å². The molecule has 1 saturated heterocycles. The Hall–Kier alpha value is -2.49. The van der Waals surface area contributed by atoms with Gasteiger partial charge in [-0.2, -0.15) is 4.31 Å². The molecule has 3 aromatic rings. The first-order valence-electron chi connectivity index (χ1n) is 8.52. The molecule has 28 heavy (non-hydrogen) atoms. The maximum absolute atomic E-state index is 13.3. The summed E-state index contributed by atoms with van der Waals surface area (Å²) in [6, 6.07) is 10.8. The van der Waals surface area contributed by atoms with Crippen molar-refractivity contribution in [1.82, 2.24) is 14.5 Å². The third-order valence-electron chi connectivity index (χ3n) is 4.61. The van der Waals surface area contributed by atoms with Crippen LogP contribution in [0.25, 0.3) is 11.5 Å². The van der Waals surface area contributed by atoms with Crippen LogP contribution in [0.3, 0.4) is 0 Å². The van der Waals surface area contributed by atoms with Crippen LogP contribution >= 0.6 is 11.6 Å². The van der Waals surface area contributed by atoms with Gasteiger partial charge in [-0.3, -0.25) is 0 Å². The molecule has 1 aliphatic rings. The summed E-state index contributed by atoms with van der Waals surface area (Å²) in [5.74, 6) is -0.147. The van der Waals surface area contributed by atoms with E-state index in [4.69, 9.17) is 16.0 Å². The molecule has 146 valence electrons. The van der Waals surface area contributed by atoms with E-state index in [2.05, 4.69) is 10.2 Å². The first-order valence-corrected chi connectivity index (χ1v) is 10.3. The zero-order valence-corrected chi connectivity index (χ0v) is 16.2. The summed E-state index contributed by atoms with van der Waals surface area (Å²) in [4.78, 5) is 2.18. The largest absolute Gasteiger partial charge is 0.423 e. The fourth-order valence-electron chi connectivity index (χ4n) is 3.09. The van der Waals surface area contributed by atoms with Crippen molar-refractivity contribution in [3.05, 3.63) is 59.7 Å². The lowest BCUT2D eigenvalue weighted by Crippen LogP contribution is -2.48. The molecule has 0 aliphatic carbocycles. The van der Waals surface area contributed by atoms with Crippen LogP contribution in [0.1, 0.15) is 0 Å². The molecule has 2 heterocycles. The monoisotopic (exact) mass is 422 g/mol. The van der Waals surface area contributed by atoms with E-state index in [1.54, 1.807) is 24.3 Å². The predicted molar refractivity (Wildman–Crippen MR) is 102 cm³/mol. The molecule has 1 aromatic heterocycles. The van der Waals surface area contributed by atoms with Crippen LogP contribution in [0.15, 0.2) is 58.2 Å². The number of rotatable bonds is 4. The molecule has 0 saturated carbocycles. The molecule has 1 aliphatic heterocycles. The molecule has 0 bridgehead atoms. The second-order valence-corrected chi connectivity index (χ2v) is 8.60. The van der Waals surface area contributed by atoms with Gasteiger partial charge in [0, 0.05) is 37.4 Å². The number of hydrogen-bond acceptors (Lipinski definition) is 6. The Morgan fingerprint density at radius 1 is 1.04 bits per heavy atom. The predicted octanol–water partition coefficient (Wildman–Crippen LogP) is 3.04. The second kappa shape index (κ2) is 7.50. The smallest absolute Gasteiger partial charge is 0.247 e. The van der Waals surface area contributed by atoms with E-state index in [0.29, 0.717) is 37.6 Å². The standard InChI is InChI=1S/C18H16ClFN4O3S/c19-16-11-14(3-6-17(16)20)23-7-9-24(10-8-23)28(25,26)15-4-1-13(2-5-15)18-22-21-12-27-18/h1-6,11-12H,7-10H2. The number of nitrogens with zero attached hydrogens (tertiary/aromatic N) is 4. The highest BCUT2D eigenvalue weighted by Crippen LogP contribution is 2.26. The second-order valence-electron chi connectivity index (χ2n) is 6.26. The lowest BCUT2D eigenvalue weighted by molar-refractivity contribution is 0.385. The van der Waals surface area contributed by atoms with E-state index < -0.39 is 15.8 Å². The molecule has 0 radical (unpaired) electrons. The highest BCUT2D eigenvalue weighted by atomic mass is 35.5. The lowest BCUT2D eigenvalue weighted by atomic mass is 10.2. The van der Waals surface area contributed by atoms with Crippen molar-refractivity contribution >= 4 is 27.3 Å². The number of aromatic nitrogens is 2. The van der Waals surface area contributed by atoms with Gasteiger partial charge in [0.05, 0.1) is 9.92 Å². The third-order valence-corrected chi connectivity index (χ3v) is 6.81. The average Bonchev–Trinajstić information content (AvgIpc) is 3.25. The Bertz CT molecular complexity index is 1070. The molecule has 4 rings (SSSR count). The van der Waals surface area contributed by atoms with E-state index >= 15 is 0 Å². The molecule has 7 nitrogen and oxygen atoms in total. The molecule has 0 unspecified atom stereocenters. The van der Waals surface area contributed by atoms with Gasteiger partial charge in [-0.25, -0.2) is 12.8 Å². The zero-order chi connectivity index (χ0) is 19.7. The van der Waals surface area contributed by atoms with Gasteiger partial charge >= 0.3 is 0 Å². The highest BCUT2D eigenvalue weighted by molar-refractivity contribution is 7.89. The van der Waals surface area contributed by atoms with Crippen LogP contribution in [-0.2, 0) is 10.0 Å². The Kier molecular flexibility index (Phi) is 5.05. The quantitative estimate of drug-likeness (QED) is 0.643. The van der Waals surface area contributed by atoms with Gasteiger partial charge in [-0.05, 0) is 42.5 Å². The lowest BCUT2D eigenvalue weighted by Gasteiger charge is -2.35. The van der Waals surface area contributed by atoms with E-state index in [-0.39, 0.29) is 9.92 Å². The minimum absolute atomic E-state index is 0.0499. The van der Waals surface area contributed by atoms with Gasteiger partial charge in [0.2, 0.25) is 22.3 Å². The molecule has 0 amide bonds. The molecule has 0 spiro atoms. The van der Waals surface area contributed by atoms with Crippen molar-refractivity contribution in [2.75, 3.05) is 31.1 Å². The van der Waals surface area contributed by atoms with Crippen LogP contribution < -0.4 is 4.90 Å². The van der Waals surface area contributed by atoms with Crippen molar-refractivity contribution < 1.29 is 17.2 Å². The molecular formula is C18H16ClFN4O3S. The number of piperazine rings is 1. The maximum atomic E-state index is 13.3. The summed E-state index contributed by atoms with van der Waals surface area (Å²) in [6.45, 7) is 1.62. The van der Waals surface area contributed by atoms with Crippen LogP contribution in [0.4, 0.5) is 10.1 Å². The van der Waals surface area contributed by atoms with Gasteiger partial charge in [0.25, 0.3) is 0 Å². The van der Waals surface area contributed by atoms with E-state index in [1.165, 1.54) is 28.9 Å². The zero-order valence-electron chi connectivity index (χ0n) is 14.6. The SMILES string of the molecule is O=S(=O)(c1ccc(-c2nnco2)cc1)N1CCN(c2ccc(F)c(Cl)c2)CC1. The molecular weight excluding hydrogens is 407 g/mol. The van der Waals surface area contributed by atoms with Gasteiger partial charge in [0.15, 0.2) is 0 Å². The van der Waals surface area contributed by atoms with Gasteiger partial charge in [-0.1, -0.05) is 11.6 Å². The topological polar surface area (TPSA) is 79.5 Å². The van der Waals surface area contributed by atoms with Crippen molar-refractivity contribution in [3.63, 3.8) is 0 Å². The highest BCUT2D eigenvalue weighted by Gasteiger charge is 2.28. The number of benzene rings is 2. The van der Waals surface area contributed by atoms with Gasteiger partial charge < -0.3 is 9.32 Å². The molecule has 10 heteroatoms. The fourth-order valence-corrected chi connectivity index (χ4v) is 4.68. The Labute approximate surface area is 166 Å². The Morgan fingerprint density at radius 2 is 1.75 bits per heavy atom. The molecule has 2 aromatic carbocycles. The summed E-state index contributed by atoms with van der Waals surface area (Å²) in [5.41, 5.74) is 1.42. The van der Waals surface area contributed by atoms with Crippen LogP contribution in [0.5, 0.6) is 0 Å². The minimum Gasteiger partial charge on any atom is -0.423 e. The average molecular weight is 423 g/mol. The Morgan fingerprint density at radius 3 is 2.36 bits per heavy atom. The van der Waals surface area contributed by atoms with E-state index in [1.807, 2.05) is 4.90 Å².